The molecule has 18 heavy (non-hydrogen) atoms. The minimum Gasteiger partial charge on any atom is -0.490 e. The van der Waals surface area contributed by atoms with E-state index < -0.39 is 4.92 Å². The summed E-state index contributed by atoms with van der Waals surface area (Å²) in [5.74, 6) is -0.443. The summed E-state index contributed by atoms with van der Waals surface area (Å²) in [6, 6.07) is 2.68. The summed E-state index contributed by atoms with van der Waals surface area (Å²) in [6.45, 7) is 0. The highest BCUT2D eigenvalue weighted by molar-refractivity contribution is 5.92. The van der Waals surface area contributed by atoms with Gasteiger partial charge in [0, 0.05) is 20.2 Å². The van der Waals surface area contributed by atoms with E-state index in [-0.39, 0.29) is 23.5 Å². The van der Waals surface area contributed by atoms with Crippen molar-refractivity contribution in [3.8, 4) is 5.75 Å². The highest BCUT2D eigenvalue weighted by Gasteiger charge is 2.27. The molecule has 0 atom stereocenters. The molecule has 7 nitrogen and oxygen atoms in total. The van der Waals surface area contributed by atoms with Crippen molar-refractivity contribution in [3.63, 3.8) is 0 Å². The molecule has 1 saturated carbocycles. The Morgan fingerprint density at radius 2 is 2.17 bits per heavy atom. The number of carbonyl (C=O) groups excluding carboxylic acids is 1. The molecule has 0 saturated heterocycles. The lowest BCUT2D eigenvalue weighted by Crippen LogP contribution is -2.23. The first-order chi connectivity index (χ1) is 8.47. The fourth-order valence-corrected chi connectivity index (χ4v) is 1.37. The van der Waals surface area contributed by atoms with Gasteiger partial charge in [0.25, 0.3) is 5.91 Å². The molecule has 0 bridgehead atoms. The third-order valence-corrected chi connectivity index (χ3v) is 2.42. The van der Waals surface area contributed by atoms with Crippen LogP contribution >= 0.6 is 0 Å². The average molecular weight is 251 g/mol. The summed E-state index contributed by atoms with van der Waals surface area (Å²) in [6.07, 6.45) is 1.98. The van der Waals surface area contributed by atoms with Crippen molar-refractivity contribution in [2.45, 2.75) is 18.9 Å². The summed E-state index contributed by atoms with van der Waals surface area (Å²) < 4.78 is 5.47. The van der Waals surface area contributed by atoms with E-state index >= 15 is 0 Å². The van der Waals surface area contributed by atoms with E-state index in [0.717, 1.165) is 12.8 Å². The fraction of sp³-hybridized carbons (Fsp3) is 0.455. The van der Waals surface area contributed by atoms with Crippen LogP contribution in [-0.4, -0.2) is 40.9 Å². The highest BCUT2D eigenvalue weighted by atomic mass is 16.6. The van der Waals surface area contributed by atoms with E-state index in [0.29, 0.717) is 5.75 Å². The van der Waals surface area contributed by atoms with Gasteiger partial charge in [-0.3, -0.25) is 4.79 Å². The molecule has 1 aliphatic carbocycles. The molecule has 7 heteroatoms. The van der Waals surface area contributed by atoms with Crippen LogP contribution in [0.1, 0.15) is 23.3 Å². The quantitative estimate of drug-likeness (QED) is 0.593. The largest absolute Gasteiger partial charge is 0.490 e. The monoisotopic (exact) mass is 251 g/mol. The Labute approximate surface area is 104 Å². The van der Waals surface area contributed by atoms with Crippen LogP contribution < -0.4 is 4.74 Å². The first-order valence-electron chi connectivity index (χ1n) is 5.52. The molecule has 1 heterocycles. The number of amides is 1. The molecule has 1 fully saturated rings. The van der Waals surface area contributed by atoms with Crippen LogP contribution in [0.4, 0.5) is 5.82 Å². The third kappa shape index (κ3) is 2.73. The number of pyridine rings is 1. The lowest BCUT2D eigenvalue weighted by atomic mass is 10.3. The topological polar surface area (TPSA) is 85.6 Å². The molecule has 0 spiro atoms. The standard InChI is InChI=1S/C11H13N3O4/c1-13(2)11(15)9-5-8(18-7-3-4-7)6-10(12-9)14(16)17/h5-7H,3-4H2,1-2H3. The van der Waals surface area contributed by atoms with Gasteiger partial charge in [-0.25, -0.2) is 0 Å². The predicted octanol–water partition coefficient (Wildman–Crippen LogP) is 1.23. The maximum Gasteiger partial charge on any atom is 0.367 e. The second-order valence-electron chi connectivity index (χ2n) is 4.32. The molecule has 2 rings (SSSR count). The molecule has 1 aromatic heterocycles. The summed E-state index contributed by atoms with van der Waals surface area (Å²) in [5, 5.41) is 10.8. The van der Waals surface area contributed by atoms with Gasteiger partial charge in [-0.15, -0.1) is 0 Å². The Morgan fingerprint density at radius 1 is 1.50 bits per heavy atom. The molecular formula is C11H13N3O4. The van der Waals surface area contributed by atoms with E-state index in [1.165, 1.54) is 17.0 Å². The van der Waals surface area contributed by atoms with Crippen molar-refractivity contribution >= 4 is 11.7 Å². The SMILES string of the molecule is CN(C)C(=O)c1cc(OC2CC2)cc([N+](=O)[O-])n1. The minimum absolute atomic E-state index is 0.0184. The van der Waals surface area contributed by atoms with Gasteiger partial charge in [0.05, 0.1) is 12.2 Å². The molecule has 0 unspecified atom stereocenters. The van der Waals surface area contributed by atoms with Crippen molar-refractivity contribution in [1.82, 2.24) is 9.88 Å². The average Bonchev–Trinajstić information content (AvgIpc) is 3.11. The fourth-order valence-electron chi connectivity index (χ4n) is 1.37. The highest BCUT2D eigenvalue weighted by Crippen LogP contribution is 2.29. The second kappa shape index (κ2) is 4.59. The zero-order chi connectivity index (χ0) is 13.3. The number of hydrogen-bond donors (Lipinski definition) is 0. The summed E-state index contributed by atoms with van der Waals surface area (Å²) in [5.41, 5.74) is 0.0184. The van der Waals surface area contributed by atoms with Crippen molar-refractivity contribution in [3.05, 3.63) is 27.9 Å². The third-order valence-electron chi connectivity index (χ3n) is 2.42. The Bertz CT molecular complexity index is 497. The molecule has 1 aliphatic rings. The number of ether oxygens (including phenoxy) is 1. The van der Waals surface area contributed by atoms with Crippen molar-refractivity contribution in [2.24, 2.45) is 0 Å². The van der Waals surface area contributed by atoms with Crippen LogP contribution in [0, 0.1) is 10.1 Å². The number of nitro groups is 1. The van der Waals surface area contributed by atoms with Gasteiger partial charge < -0.3 is 19.8 Å². The van der Waals surface area contributed by atoms with E-state index in [2.05, 4.69) is 4.98 Å². The number of carbonyl (C=O) groups is 1. The molecular weight excluding hydrogens is 238 g/mol. The molecule has 1 aromatic rings. The first-order valence-corrected chi connectivity index (χ1v) is 5.52. The van der Waals surface area contributed by atoms with Crippen molar-refractivity contribution in [1.29, 1.82) is 0 Å². The molecule has 1 amide bonds. The van der Waals surface area contributed by atoms with Gasteiger partial charge >= 0.3 is 5.82 Å². The molecule has 0 N–H and O–H groups in total. The zero-order valence-electron chi connectivity index (χ0n) is 10.1. The molecule has 0 radical (unpaired) electrons. The van der Waals surface area contributed by atoms with Gasteiger partial charge in [0.1, 0.15) is 5.75 Å². The van der Waals surface area contributed by atoms with Gasteiger partial charge in [0.2, 0.25) is 5.69 Å². The van der Waals surface area contributed by atoms with E-state index in [4.69, 9.17) is 4.74 Å². The lowest BCUT2D eigenvalue weighted by molar-refractivity contribution is -0.389. The van der Waals surface area contributed by atoms with Crippen molar-refractivity contribution in [2.75, 3.05) is 14.1 Å². The van der Waals surface area contributed by atoms with Gasteiger partial charge in [-0.2, -0.15) is 0 Å². The number of aromatic nitrogens is 1. The molecule has 96 valence electrons. The van der Waals surface area contributed by atoms with E-state index in [1.54, 1.807) is 14.1 Å². The number of rotatable bonds is 4. The Kier molecular flexibility index (Phi) is 3.14. The van der Waals surface area contributed by atoms with Crippen LogP contribution in [0.15, 0.2) is 12.1 Å². The maximum atomic E-state index is 11.8. The van der Waals surface area contributed by atoms with Crippen LogP contribution in [-0.2, 0) is 0 Å². The molecule has 0 aromatic carbocycles. The second-order valence-corrected chi connectivity index (χ2v) is 4.32. The normalized spacial score (nSPS) is 14.1. The smallest absolute Gasteiger partial charge is 0.367 e. The zero-order valence-corrected chi connectivity index (χ0v) is 10.1. The Hall–Kier alpha value is -2.18. The maximum absolute atomic E-state index is 11.8. The van der Waals surface area contributed by atoms with Crippen LogP contribution in [0.2, 0.25) is 0 Å². The number of nitrogens with zero attached hydrogens (tertiary/aromatic N) is 3. The van der Waals surface area contributed by atoms with Gasteiger partial charge in [0.15, 0.2) is 0 Å². The minimum atomic E-state index is -0.633. The van der Waals surface area contributed by atoms with E-state index in [9.17, 15) is 14.9 Å². The van der Waals surface area contributed by atoms with Gasteiger partial charge in [-0.05, 0) is 22.7 Å². The molecule has 0 aliphatic heterocycles. The Balaban J connectivity index is 2.35. The summed E-state index contributed by atoms with van der Waals surface area (Å²) in [7, 11) is 3.12. The lowest BCUT2D eigenvalue weighted by Gasteiger charge is -2.08. The van der Waals surface area contributed by atoms with Crippen LogP contribution in [0.25, 0.3) is 0 Å². The van der Waals surface area contributed by atoms with Crippen LogP contribution in [0.3, 0.4) is 0 Å². The Morgan fingerprint density at radius 3 is 2.67 bits per heavy atom. The predicted molar refractivity (Wildman–Crippen MR) is 62.6 cm³/mol. The number of hydrogen-bond acceptors (Lipinski definition) is 5. The van der Waals surface area contributed by atoms with Crippen molar-refractivity contribution < 1.29 is 14.5 Å². The summed E-state index contributed by atoms with van der Waals surface area (Å²) in [4.78, 5) is 26.9. The van der Waals surface area contributed by atoms with Crippen LogP contribution in [0.5, 0.6) is 5.75 Å². The van der Waals surface area contributed by atoms with Gasteiger partial charge in [-0.1, -0.05) is 0 Å². The van der Waals surface area contributed by atoms with E-state index in [1.807, 2.05) is 0 Å². The summed E-state index contributed by atoms with van der Waals surface area (Å²) >= 11 is 0. The first kappa shape index (κ1) is 12.3.